The Morgan fingerprint density at radius 3 is 2.57 bits per heavy atom. The number of hydrogen-bond donors (Lipinski definition) is 0. The number of carbonyl (C=O) groups excluding carboxylic acids is 1. The number of benzene rings is 2. The summed E-state index contributed by atoms with van der Waals surface area (Å²) in [5.74, 6) is -0.794. The predicted molar refractivity (Wildman–Crippen MR) is 77.3 cm³/mol. The van der Waals surface area contributed by atoms with Gasteiger partial charge >= 0.3 is 5.69 Å². The Hall–Kier alpha value is -2.28. The molecule has 0 unspecified atom stereocenters. The fraction of sp³-hybridized carbons (Fsp3) is 0.0714. The number of nitrogens with zero attached hydrogens (tertiary/aromatic N) is 1. The van der Waals surface area contributed by atoms with Crippen LogP contribution in [0.4, 0.5) is 10.1 Å². The lowest BCUT2D eigenvalue weighted by molar-refractivity contribution is -0.385. The summed E-state index contributed by atoms with van der Waals surface area (Å²) in [5.41, 5.74) is -0.161. The van der Waals surface area contributed by atoms with Crippen LogP contribution in [0.2, 0.25) is 0 Å². The molecule has 0 aromatic heterocycles. The fourth-order valence-electron chi connectivity index (χ4n) is 1.64. The first-order valence-corrected chi connectivity index (χ1v) is 6.60. The summed E-state index contributed by atoms with van der Waals surface area (Å²) in [6, 6.07) is 7.62. The van der Waals surface area contributed by atoms with E-state index in [1.54, 1.807) is 0 Å². The number of halogens is 2. The molecule has 2 aromatic carbocycles. The third-order valence-electron chi connectivity index (χ3n) is 2.68. The van der Waals surface area contributed by atoms with Gasteiger partial charge in [-0.3, -0.25) is 14.9 Å². The van der Waals surface area contributed by atoms with Gasteiger partial charge in [0.15, 0.2) is 5.78 Å². The van der Waals surface area contributed by atoms with E-state index < -0.39 is 10.7 Å². The molecule has 0 aliphatic carbocycles. The van der Waals surface area contributed by atoms with Crippen molar-refractivity contribution in [1.29, 1.82) is 0 Å². The lowest BCUT2D eigenvalue weighted by atomic mass is 10.1. The monoisotopic (exact) mass is 353 g/mol. The molecule has 0 aliphatic rings. The van der Waals surface area contributed by atoms with Gasteiger partial charge in [-0.15, -0.1) is 0 Å². The van der Waals surface area contributed by atoms with E-state index in [2.05, 4.69) is 15.9 Å². The second-order valence-corrected chi connectivity index (χ2v) is 5.03. The molecule has 0 spiro atoms. The Kier molecular flexibility index (Phi) is 4.32. The number of nitro benzene ring substituents is 1. The summed E-state index contributed by atoms with van der Waals surface area (Å²) in [6.07, 6.45) is 0. The number of ether oxygens (including phenoxy) is 1. The molecule has 2 rings (SSSR count). The van der Waals surface area contributed by atoms with E-state index in [1.165, 1.54) is 31.2 Å². The van der Waals surface area contributed by atoms with Gasteiger partial charge in [-0.2, -0.15) is 0 Å². The predicted octanol–water partition coefficient (Wildman–Crippen LogP) is 4.49. The van der Waals surface area contributed by atoms with Crippen molar-refractivity contribution in [3.63, 3.8) is 0 Å². The molecule has 5 nitrogen and oxygen atoms in total. The topological polar surface area (TPSA) is 69.4 Å². The first-order chi connectivity index (χ1) is 9.88. The van der Waals surface area contributed by atoms with Crippen LogP contribution in [0.5, 0.6) is 11.5 Å². The zero-order valence-corrected chi connectivity index (χ0v) is 12.4. The van der Waals surface area contributed by atoms with Crippen LogP contribution in [0.1, 0.15) is 17.3 Å². The van der Waals surface area contributed by atoms with E-state index in [4.69, 9.17) is 4.74 Å². The standard InChI is InChI=1S/C14H9BrFNO4/c1-8(18)9-2-5-13(12(6-9)17(19)20)21-14-7-10(16)3-4-11(14)15/h2-7H,1H3. The van der Waals surface area contributed by atoms with Crippen LogP contribution in [0, 0.1) is 15.9 Å². The second kappa shape index (κ2) is 6.01. The van der Waals surface area contributed by atoms with Gasteiger partial charge in [-0.25, -0.2) is 4.39 Å². The molecule has 0 saturated carbocycles. The Balaban J connectivity index is 2.46. The third-order valence-corrected chi connectivity index (χ3v) is 3.33. The normalized spacial score (nSPS) is 10.2. The molecule has 0 radical (unpaired) electrons. The van der Waals surface area contributed by atoms with Crippen LogP contribution in [-0.4, -0.2) is 10.7 Å². The lowest BCUT2D eigenvalue weighted by Gasteiger charge is -2.09. The van der Waals surface area contributed by atoms with Crippen LogP contribution in [0.25, 0.3) is 0 Å². The van der Waals surface area contributed by atoms with Gasteiger partial charge in [0.25, 0.3) is 0 Å². The number of nitro groups is 1. The smallest absolute Gasteiger partial charge is 0.312 e. The molecule has 21 heavy (non-hydrogen) atoms. The third kappa shape index (κ3) is 3.43. The van der Waals surface area contributed by atoms with E-state index in [1.807, 2.05) is 0 Å². The highest BCUT2D eigenvalue weighted by atomic mass is 79.9. The van der Waals surface area contributed by atoms with Crippen molar-refractivity contribution in [2.45, 2.75) is 6.92 Å². The quantitative estimate of drug-likeness (QED) is 0.461. The van der Waals surface area contributed by atoms with E-state index in [0.717, 1.165) is 12.1 Å². The number of Topliss-reactive ketones (excluding diaryl/α,β-unsaturated/α-hetero) is 1. The van der Waals surface area contributed by atoms with Gasteiger partial charge in [0.05, 0.1) is 9.40 Å². The molecule has 0 N–H and O–H groups in total. The molecule has 0 heterocycles. The Morgan fingerprint density at radius 1 is 1.24 bits per heavy atom. The minimum atomic E-state index is -0.658. The average molecular weight is 354 g/mol. The minimum absolute atomic E-state index is 0.0729. The number of carbonyl (C=O) groups is 1. The largest absolute Gasteiger partial charge is 0.449 e. The molecule has 0 saturated heterocycles. The van der Waals surface area contributed by atoms with Crippen LogP contribution in [0.15, 0.2) is 40.9 Å². The van der Waals surface area contributed by atoms with Crippen molar-refractivity contribution in [2.75, 3.05) is 0 Å². The first kappa shape index (κ1) is 15.1. The lowest BCUT2D eigenvalue weighted by Crippen LogP contribution is -1.98. The van der Waals surface area contributed by atoms with Crippen molar-refractivity contribution >= 4 is 27.4 Å². The molecule has 7 heteroatoms. The van der Waals surface area contributed by atoms with E-state index in [9.17, 15) is 19.3 Å². The molecule has 0 amide bonds. The van der Waals surface area contributed by atoms with Crippen LogP contribution < -0.4 is 4.74 Å². The minimum Gasteiger partial charge on any atom is -0.449 e. The molecular weight excluding hydrogens is 345 g/mol. The first-order valence-electron chi connectivity index (χ1n) is 5.81. The van der Waals surface area contributed by atoms with E-state index >= 15 is 0 Å². The molecule has 0 fully saturated rings. The maximum atomic E-state index is 13.2. The molecule has 108 valence electrons. The van der Waals surface area contributed by atoms with Crippen LogP contribution in [-0.2, 0) is 0 Å². The fourth-order valence-corrected chi connectivity index (χ4v) is 1.97. The van der Waals surface area contributed by atoms with Gasteiger partial charge in [-0.05, 0) is 47.1 Å². The van der Waals surface area contributed by atoms with Gasteiger partial charge in [-0.1, -0.05) is 0 Å². The second-order valence-electron chi connectivity index (χ2n) is 4.17. The number of ketones is 1. The van der Waals surface area contributed by atoms with E-state index in [-0.39, 0.29) is 28.5 Å². The number of rotatable bonds is 4. The van der Waals surface area contributed by atoms with Crippen molar-refractivity contribution < 1.29 is 18.8 Å². The van der Waals surface area contributed by atoms with Crippen LogP contribution in [0.3, 0.4) is 0 Å². The molecular formula is C14H9BrFNO4. The summed E-state index contributed by atoms with van der Waals surface area (Å²) in [6.45, 7) is 1.31. The van der Waals surface area contributed by atoms with Gasteiger partial charge in [0.1, 0.15) is 11.6 Å². The Labute approximate surface area is 127 Å². The van der Waals surface area contributed by atoms with Gasteiger partial charge in [0.2, 0.25) is 5.75 Å². The molecule has 2 aromatic rings. The van der Waals surface area contributed by atoms with Gasteiger partial charge < -0.3 is 4.74 Å². The Morgan fingerprint density at radius 2 is 1.95 bits per heavy atom. The average Bonchev–Trinajstić information content (AvgIpc) is 2.42. The SMILES string of the molecule is CC(=O)c1ccc(Oc2cc(F)ccc2Br)c([N+](=O)[O-])c1. The molecule has 0 atom stereocenters. The van der Waals surface area contributed by atoms with Crippen molar-refractivity contribution in [3.8, 4) is 11.5 Å². The summed E-state index contributed by atoms with van der Waals surface area (Å²) >= 11 is 3.17. The van der Waals surface area contributed by atoms with Crippen LogP contribution >= 0.6 is 15.9 Å². The van der Waals surface area contributed by atoms with Gasteiger partial charge in [0, 0.05) is 17.7 Å². The maximum Gasteiger partial charge on any atom is 0.312 e. The molecule has 0 bridgehead atoms. The van der Waals surface area contributed by atoms with Crippen molar-refractivity contribution in [3.05, 3.63) is 62.4 Å². The number of hydrogen-bond acceptors (Lipinski definition) is 4. The van der Waals surface area contributed by atoms with E-state index in [0.29, 0.717) is 4.47 Å². The highest BCUT2D eigenvalue weighted by Crippen LogP contribution is 2.35. The summed E-state index contributed by atoms with van der Waals surface area (Å²) < 4.78 is 19.0. The summed E-state index contributed by atoms with van der Waals surface area (Å²) in [7, 11) is 0. The van der Waals surface area contributed by atoms with Crippen molar-refractivity contribution in [1.82, 2.24) is 0 Å². The summed E-state index contributed by atoms with van der Waals surface area (Å²) in [5, 5.41) is 11.1. The zero-order valence-electron chi connectivity index (χ0n) is 10.8. The Bertz CT molecular complexity index is 733. The highest BCUT2D eigenvalue weighted by Gasteiger charge is 2.19. The maximum absolute atomic E-state index is 13.2. The van der Waals surface area contributed by atoms with Crippen molar-refractivity contribution in [2.24, 2.45) is 0 Å². The molecule has 0 aliphatic heterocycles. The summed E-state index contributed by atoms with van der Waals surface area (Å²) in [4.78, 5) is 21.7. The zero-order chi connectivity index (χ0) is 15.6. The highest BCUT2D eigenvalue weighted by molar-refractivity contribution is 9.10.